The van der Waals surface area contributed by atoms with E-state index in [-0.39, 0.29) is 0 Å². The first kappa shape index (κ1) is 21.5. The summed E-state index contributed by atoms with van der Waals surface area (Å²) in [6.07, 6.45) is 6.87. The molecule has 0 atom stereocenters. The maximum absolute atomic E-state index is 9.43. The minimum Gasteiger partial charge on any atom is -0.481 e. The highest BCUT2D eigenvalue weighted by molar-refractivity contribution is 5.88. The molecule has 4 rings (SSSR count). The molecule has 8 heteroatoms. The second-order valence-corrected chi connectivity index (χ2v) is 6.69. The maximum Gasteiger partial charge on any atom is 0.314 e. The van der Waals surface area contributed by atoms with Crippen LogP contribution in [0.3, 0.4) is 0 Å². The summed E-state index contributed by atoms with van der Waals surface area (Å²) in [6.45, 7) is 1.57. The molecule has 0 aliphatic carbocycles. The van der Waals surface area contributed by atoms with Gasteiger partial charge in [0.05, 0.1) is 0 Å². The molecule has 0 aliphatic rings. The standard InChI is InChI=1S/C20H18N4.C3H4O4/c1-3-7-17(8-4-1)15-23-13-11-21-19(23)20-22-12-14-24(20)16-18-9-5-2-6-10-18;4-2(5)1-3(6)7/h1-14H,15-16H2;1H2,(H,4,5)(H,6,7). The zero-order valence-electron chi connectivity index (χ0n) is 16.7. The van der Waals surface area contributed by atoms with Gasteiger partial charge in [0.2, 0.25) is 0 Å². The Hall–Kier alpha value is -4.20. The molecular formula is C23H22N4O4. The van der Waals surface area contributed by atoms with Crippen molar-refractivity contribution in [1.82, 2.24) is 19.1 Å². The van der Waals surface area contributed by atoms with E-state index < -0.39 is 18.4 Å². The fourth-order valence-electron chi connectivity index (χ4n) is 2.98. The van der Waals surface area contributed by atoms with Crippen molar-refractivity contribution < 1.29 is 19.8 Å². The predicted molar refractivity (Wildman–Crippen MR) is 114 cm³/mol. The highest BCUT2D eigenvalue weighted by atomic mass is 16.4. The molecule has 8 nitrogen and oxygen atoms in total. The van der Waals surface area contributed by atoms with E-state index in [4.69, 9.17) is 10.2 Å². The molecule has 0 radical (unpaired) electrons. The second kappa shape index (κ2) is 10.5. The van der Waals surface area contributed by atoms with Crippen molar-refractivity contribution in [2.75, 3.05) is 0 Å². The Morgan fingerprint density at radius 2 is 1.06 bits per heavy atom. The van der Waals surface area contributed by atoms with Crippen molar-refractivity contribution >= 4 is 11.9 Å². The Morgan fingerprint density at radius 1 is 0.677 bits per heavy atom. The molecule has 2 N–H and O–H groups in total. The molecule has 0 fully saturated rings. The largest absolute Gasteiger partial charge is 0.481 e. The number of nitrogens with zero attached hydrogens (tertiary/aromatic N) is 4. The number of imidazole rings is 2. The van der Waals surface area contributed by atoms with Crippen LogP contribution in [0, 0.1) is 0 Å². The van der Waals surface area contributed by atoms with E-state index in [1.165, 1.54) is 11.1 Å². The Kier molecular flexibility index (Phi) is 7.31. The van der Waals surface area contributed by atoms with Crippen LogP contribution < -0.4 is 0 Å². The van der Waals surface area contributed by atoms with Gasteiger partial charge in [-0.05, 0) is 11.1 Å². The SMILES string of the molecule is O=C(O)CC(=O)O.c1ccc(Cn2ccnc2-c2nccn2Cc2ccccc2)cc1. The van der Waals surface area contributed by atoms with Crippen LogP contribution in [0.2, 0.25) is 0 Å². The van der Waals surface area contributed by atoms with Crippen LogP contribution in [0.4, 0.5) is 0 Å². The molecule has 0 bridgehead atoms. The molecule has 31 heavy (non-hydrogen) atoms. The van der Waals surface area contributed by atoms with E-state index in [0.29, 0.717) is 0 Å². The van der Waals surface area contributed by atoms with Crippen LogP contribution in [-0.2, 0) is 22.7 Å². The first-order valence-electron chi connectivity index (χ1n) is 9.57. The molecule has 2 aromatic heterocycles. The molecule has 2 aromatic carbocycles. The highest BCUT2D eigenvalue weighted by Crippen LogP contribution is 2.18. The molecule has 0 spiro atoms. The fraction of sp³-hybridized carbons (Fsp3) is 0.130. The lowest BCUT2D eigenvalue weighted by molar-refractivity contribution is -0.147. The first-order chi connectivity index (χ1) is 15.0. The molecule has 0 saturated carbocycles. The van der Waals surface area contributed by atoms with Gasteiger partial charge in [0.1, 0.15) is 6.42 Å². The molecule has 0 aliphatic heterocycles. The lowest BCUT2D eigenvalue weighted by atomic mass is 10.2. The van der Waals surface area contributed by atoms with Crippen LogP contribution in [0.15, 0.2) is 85.5 Å². The monoisotopic (exact) mass is 418 g/mol. The van der Waals surface area contributed by atoms with E-state index in [2.05, 4.69) is 67.6 Å². The average molecular weight is 418 g/mol. The maximum atomic E-state index is 9.43. The van der Waals surface area contributed by atoms with Gasteiger partial charge in [0, 0.05) is 37.9 Å². The van der Waals surface area contributed by atoms with Gasteiger partial charge in [-0.2, -0.15) is 0 Å². The van der Waals surface area contributed by atoms with Crippen molar-refractivity contribution in [2.45, 2.75) is 19.5 Å². The molecule has 0 amide bonds. The number of aliphatic carboxylic acids is 2. The Bertz CT molecular complexity index is 1030. The molecule has 2 heterocycles. The number of aromatic nitrogens is 4. The molecule has 4 aromatic rings. The lowest BCUT2D eigenvalue weighted by Gasteiger charge is -2.10. The number of carboxylic acid groups (broad SMARTS) is 2. The summed E-state index contributed by atoms with van der Waals surface area (Å²) >= 11 is 0. The molecule has 0 saturated heterocycles. The third-order valence-electron chi connectivity index (χ3n) is 4.32. The molecule has 0 unspecified atom stereocenters. The summed E-state index contributed by atoms with van der Waals surface area (Å²) in [5.41, 5.74) is 2.50. The number of hydrogen-bond donors (Lipinski definition) is 2. The number of benzene rings is 2. The minimum absolute atomic E-state index is 0.786. The van der Waals surface area contributed by atoms with Crippen LogP contribution in [0.25, 0.3) is 11.6 Å². The van der Waals surface area contributed by atoms with E-state index >= 15 is 0 Å². The van der Waals surface area contributed by atoms with Crippen molar-refractivity contribution in [2.24, 2.45) is 0 Å². The summed E-state index contributed by atoms with van der Waals surface area (Å²) in [5, 5.41) is 15.4. The third kappa shape index (κ3) is 6.40. The topological polar surface area (TPSA) is 110 Å². The summed E-state index contributed by atoms with van der Waals surface area (Å²) in [7, 11) is 0. The van der Waals surface area contributed by atoms with Crippen molar-refractivity contribution in [3.8, 4) is 11.6 Å². The predicted octanol–water partition coefficient (Wildman–Crippen LogP) is 3.39. The third-order valence-corrected chi connectivity index (χ3v) is 4.32. The summed E-state index contributed by atoms with van der Waals surface area (Å²) in [6, 6.07) is 20.8. The van der Waals surface area contributed by atoms with Gasteiger partial charge >= 0.3 is 11.9 Å². The normalized spacial score (nSPS) is 10.2. The van der Waals surface area contributed by atoms with Crippen molar-refractivity contribution in [3.05, 3.63) is 96.6 Å². The van der Waals surface area contributed by atoms with Crippen LogP contribution in [0.5, 0.6) is 0 Å². The number of carboxylic acids is 2. The zero-order valence-corrected chi connectivity index (χ0v) is 16.7. The zero-order chi connectivity index (χ0) is 22.1. The van der Waals surface area contributed by atoms with Crippen LogP contribution >= 0.6 is 0 Å². The van der Waals surface area contributed by atoms with E-state index in [1.54, 1.807) is 0 Å². The lowest BCUT2D eigenvalue weighted by Crippen LogP contribution is -2.07. The van der Waals surface area contributed by atoms with Gasteiger partial charge in [0.15, 0.2) is 11.6 Å². The second-order valence-electron chi connectivity index (χ2n) is 6.69. The van der Waals surface area contributed by atoms with E-state index in [0.717, 1.165) is 24.7 Å². The smallest absolute Gasteiger partial charge is 0.314 e. The van der Waals surface area contributed by atoms with Crippen LogP contribution in [-0.4, -0.2) is 41.3 Å². The van der Waals surface area contributed by atoms with Gasteiger partial charge in [0.25, 0.3) is 0 Å². The molecule has 158 valence electrons. The minimum atomic E-state index is -1.31. The van der Waals surface area contributed by atoms with Gasteiger partial charge in [-0.15, -0.1) is 0 Å². The first-order valence-corrected chi connectivity index (χ1v) is 9.57. The Morgan fingerprint density at radius 3 is 1.39 bits per heavy atom. The number of hydrogen-bond acceptors (Lipinski definition) is 4. The average Bonchev–Trinajstić information content (AvgIpc) is 3.38. The highest BCUT2D eigenvalue weighted by Gasteiger charge is 2.12. The number of carbonyl (C=O) groups is 2. The Labute approximate surface area is 179 Å². The van der Waals surface area contributed by atoms with E-state index in [1.807, 2.05) is 36.9 Å². The Balaban J connectivity index is 0.000000339. The fourth-order valence-corrected chi connectivity index (χ4v) is 2.98. The van der Waals surface area contributed by atoms with E-state index in [9.17, 15) is 9.59 Å². The van der Waals surface area contributed by atoms with Crippen molar-refractivity contribution in [1.29, 1.82) is 0 Å². The van der Waals surface area contributed by atoms with Gasteiger partial charge < -0.3 is 19.3 Å². The van der Waals surface area contributed by atoms with Crippen LogP contribution in [0.1, 0.15) is 17.5 Å². The quantitative estimate of drug-likeness (QED) is 0.445. The number of rotatable bonds is 7. The van der Waals surface area contributed by atoms with Gasteiger partial charge in [-0.25, -0.2) is 9.97 Å². The van der Waals surface area contributed by atoms with Crippen molar-refractivity contribution in [3.63, 3.8) is 0 Å². The van der Waals surface area contributed by atoms with Gasteiger partial charge in [-0.1, -0.05) is 60.7 Å². The summed E-state index contributed by atoms with van der Waals surface area (Å²) in [5.74, 6) is -0.848. The summed E-state index contributed by atoms with van der Waals surface area (Å²) in [4.78, 5) is 27.9. The van der Waals surface area contributed by atoms with Gasteiger partial charge in [-0.3, -0.25) is 9.59 Å². The summed E-state index contributed by atoms with van der Waals surface area (Å²) < 4.78 is 4.28. The molecular weight excluding hydrogens is 396 g/mol.